The summed E-state index contributed by atoms with van der Waals surface area (Å²) in [5.41, 5.74) is 3.26. The molecule has 0 saturated heterocycles. The van der Waals surface area contributed by atoms with Crippen molar-refractivity contribution in [1.29, 1.82) is 0 Å². The number of benzene rings is 1. The summed E-state index contributed by atoms with van der Waals surface area (Å²) < 4.78 is 11.3. The lowest BCUT2D eigenvalue weighted by Crippen LogP contribution is -2.48. The standard InChI is InChI=1S/C33H54N2O4S/c1-6-9-10-11-12-13-14-15-16-17-18-19-20-22-27-23-21-24-28(37-5)30(27)31-29(32(36)38-8-3)26(4)34-33(40)35(31)39-25-7-2/h21,23-24,31H,6-20,22,25H2,1-5H3,(H,34,40). The molecule has 6 nitrogen and oxygen atoms in total. The first-order chi connectivity index (χ1) is 19.5. The van der Waals surface area contributed by atoms with Crippen LogP contribution in [0.4, 0.5) is 0 Å². The van der Waals surface area contributed by atoms with Crippen LogP contribution in [0, 0.1) is 0 Å². The lowest BCUT2D eigenvalue weighted by molar-refractivity contribution is -0.147. The molecule has 1 unspecified atom stereocenters. The zero-order valence-electron chi connectivity index (χ0n) is 25.8. The predicted molar refractivity (Wildman–Crippen MR) is 168 cm³/mol. The molecule has 0 radical (unpaired) electrons. The predicted octanol–water partition coefficient (Wildman–Crippen LogP) is 8.74. The third-order valence-electron chi connectivity index (χ3n) is 7.54. The summed E-state index contributed by atoms with van der Waals surface area (Å²) in [6.07, 6.45) is 18.9. The van der Waals surface area contributed by atoms with Crippen LogP contribution in [0.2, 0.25) is 0 Å². The van der Waals surface area contributed by atoms with Crippen LogP contribution < -0.4 is 10.1 Å². The zero-order valence-corrected chi connectivity index (χ0v) is 26.6. The Morgan fingerprint density at radius 2 is 1.50 bits per heavy atom. The number of esters is 1. The number of hydroxylamine groups is 2. The number of rotatable bonds is 21. The molecule has 7 heteroatoms. The summed E-state index contributed by atoms with van der Waals surface area (Å²) in [6.45, 7) is 8.78. The van der Waals surface area contributed by atoms with Crippen molar-refractivity contribution in [3.05, 3.63) is 40.6 Å². The van der Waals surface area contributed by atoms with E-state index in [9.17, 15) is 4.79 Å². The molecule has 0 bridgehead atoms. The number of carbonyl (C=O) groups is 1. The zero-order chi connectivity index (χ0) is 29.2. The Labute approximate surface area is 249 Å². The van der Waals surface area contributed by atoms with E-state index in [-0.39, 0.29) is 5.97 Å². The molecule has 1 aliphatic heterocycles. The summed E-state index contributed by atoms with van der Waals surface area (Å²) in [4.78, 5) is 19.4. The van der Waals surface area contributed by atoms with Gasteiger partial charge in [0.15, 0.2) is 5.11 Å². The smallest absolute Gasteiger partial charge is 0.338 e. The molecule has 0 fully saturated rings. The van der Waals surface area contributed by atoms with E-state index in [1.54, 1.807) is 12.2 Å². The molecule has 226 valence electrons. The van der Waals surface area contributed by atoms with Crippen molar-refractivity contribution in [3.63, 3.8) is 0 Å². The maximum absolute atomic E-state index is 13.2. The molecular formula is C33H54N2O4S. The molecule has 0 saturated carbocycles. The highest BCUT2D eigenvalue weighted by Crippen LogP contribution is 2.41. The number of hydrogen-bond donors (Lipinski definition) is 1. The highest BCUT2D eigenvalue weighted by molar-refractivity contribution is 7.80. The van der Waals surface area contributed by atoms with Gasteiger partial charge in [0, 0.05) is 11.3 Å². The number of nitrogens with one attached hydrogen (secondary N) is 1. The summed E-state index contributed by atoms with van der Waals surface area (Å²) in [7, 11) is 1.67. The fourth-order valence-electron chi connectivity index (χ4n) is 5.41. The maximum atomic E-state index is 13.2. The van der Waals surface area contributed by atoms with Crippen molar-refractivity contribution in [1.82, 2.24) is 10.4 Å². The van der Waals surface area contributed by atoms with Crippen LogP contribution in [0.5, 0.6) is 5.75 Å². The Balaban J connectivity index is 2.07. The SMILES string of the molecule is CCCCCCCCCCCCCCCc1cccc(OC)c1C1C(C(=O)OCC)=C(C)NC(=S)N1OCCC. The maximum Gasteiger partial charge on any atom is 0.338 e. The van der Waals surface area contributed by atoms with E-state index in [0.717, 1.165) is 36.1 Å². The first-order valence-electron chi connectivity index (χ1n) is 15.8. The minimum atomic E-state index is -0.549. The van der Waals surface area contributed by atoms with Crippen molar-refractivity contribution in [3.8, 4) is 5.75 Å². The number of carbonyl (C=O) groups excluding carboxylic acids is 1. The molecule has 1 heterocycles. The first kappa shape index (κ1) is 34.1. The summed E-state index contributed by atoms with van der Waals surface area (Å²) in [5, 5.41) is 5.24. The van der Waals surface area contributed by atoms with E-state index in [2.05, 4.69) is 18.3 Å². The van der Waals surface area contributed by atoms with E-state index in [4.69, 9.17) is 26.5 Å². The van der Waals surface area contributed by atoms with Gasteiger partial charge < -0.3 is 14.8 Å². The minimum absolute atomic E-state index is 0.292. The largest absolute Gasteiger partial charge is 0.496 e. The van der Waals surface area contributed by atoms with E-state index >= 15 is 0 Å². The highest BCUT2D eigenvalue weighted by atomic mass is 32.1. The fraction of sp³-hybridized carbons (Fsp3) is 0.697. The second-order valence-corrected chi connectivity index (χ2v) is 11.2. The van der Waals surface area contributed by atoms with Gasteiger partial charge in [-0.3, -0.25) is 4.84 Å². The molecule has 0 aliphatic carbocycles. The number of hydrogen-bond acceptors (Lipinski definition) is 5. The van der Waals surface area contributed by atoms with Gasteiger partial charge in [0.2, 0.25) is 0 Å². The lowest BCUT2D eigenvalue weighted by atomic mass is 9.88. The second kappa shape index (κ2) is 19.9. The molecular weight excluding hydrogens is 520 g/mol. The van der Waals surface area contributed by atoms with Crippen LogP contribution in [0.15, 0.2) is 29.5 Å². The lowest BCUT2D eigenvalue weighted by Gasteiger charge is -2.39. The number of aryl methyl sites for hydroxylation is 1. The number of unbranched alkanes of at least 4 members (excludes halogenated alkanes) is 12. The minimum Gasteiger partial charge on any atom is -0.496 e. The Kier molecular flexibility index (Phi) is 16.9. The van der Waals surface area contributed by atoms with Crippen molar-refractivity contribution >= 4 is 23.3 Å². The Hall–Kier alpha value is -2.12. The quantitative estimate of drug-likeness (QED) is 0.0895. The van der Waals surface area contributed by atoms with Gasteiger partial charge in [-0.05, 0) is 57.0 Å². The van der Waals surface area contributed by atoms with Crippen LogP contribution in [0.25, 0.3) is 0 Å². The van der Waals surface area contributed by atoms with Crippen molar-refractivity contribution in [2.24, 2.45) is 0 Å². The molecule has 1 aromatic rings. The molecule has 0 amide bonds. The van der Waals surface area contributed by atoms with Gasteiger partial charge in [-0.2, -0.15) is 0 Å². The van der Waals surface area contributed by atoms with E-state index < -0.39 is 6.04 Å². The molecule has 0 spiro atoms. The number of thiocarbonyl (C=S) groups is 1. The van der Waals surface area contributed by atoms with Crippen molar-refractivity contribution in [2.45, 2.75) is 130 Å². The first-order valence-corrected chi connectivity index (χ1v) is 16.2. The third-order valence-corrected chi connectivity index (χ3v) is 7.82. The molecule has 40 heavy (non-hydrogen) atoms. The number of nitrogens with zero attached hydrogens (tertiary/aromatic N) is 1. The van der Waals surface area contributed by atoms with Crippen LogP contribution >= 0.6 is 12.2 Å². The fourth-order valence-corrected chi connectivity index (χ4v) is 5.72. The monoisotopic (exact) mass is 574 g/mol. The molecule has 1 aromatic carbocycles. The van der Waals surface area contributed by atoms with Gasteiger partial charge in [-0.15, -0.1) is 0 Å². The van der Waals surface area contributed by atoms with Crippen LogP contribution in [-0.2, 0) is 20.8 Å². The Bertz CT molecular complexity index is 933. The van der Waals surface area contributed by atoms with Gasteiger partial charge >= 0.3 is 5.97 Å². The van der Waals surface area contributed by atoms with E-state index in [1.807, 2.05) is 32.9 Å². The second-order valence-electron chi connectivity index (χ2n) is 10.8. The number of ether oxygens (including phenoxy) is 2. The summed E-state index contributed by atoms with van der Waals surface area (Å²) >= 11 is 5.68. The topological polar surface area (TPSA) is 60.0 Å². The van der Waals surface area contributed by atoms with Gasteiger partial charge in [-0.25, -0.2) is 9.86 Å². The Morgan fingerprint density at radius 3 is 2.05 bits per heavy atom. The van der Waals surface area contributed by atoms with Gasteiger partial charge in [-0.1, -0.05) is 103 Å². The van der Waals surface area contributed by atoms with Crippen molar-refractivity contribution < 1.29 is 19.1 Å². The highest BCUT2D eigenvalue weighted by Gasteiger charge is 2.40. The van der Waals surface area contributed by atoms with Crippen molar-refractivity contribution in [2.75, 3.05) is 20.3 Å². The molecule has 1 atom stereocenters. The number of allylic oxidation sites excluding steroid dienone is 1. The molecule has 1 aliphatic rings. The Morgan fingerprint density at radius 1 is 0.900 bits per heavy atom. The molecule has 1 N–H and O–H groups in total. The molecule has 0 aromatic heterocycles. The third kappa shape index (κ3) is 10.7. The van der Waals surface area contributed by atoms with Crippen LogP contribution in [-0.4, -0.2) is 36.5 Å². The van der Waals surface area contributed by atoms with Gasteiger partial charge in [0.25, 0.3) is 0 Å². The average molecular weight is 575 g/mol. The summed E-state index contributed by atoms with van der Waals surface area (Å²) in [6, 6.07) is 5.56. The normalized spacial score (nSPS) is 15.4. The van der Waals surface area contributed by atoms with E-state index in [0.29, 0.717) is 29.6 Å². The summed E-state index contributed by atoms with van der Waals surface area (Å²) in [5.74, 6) is 0.351. The van der Waals surface area contributed by atoms with Gasteiger partial charge in [0.05, 0.1) is 25.9 Å². The number of methoxy groups -OCH3 is 1. The van der Waals surface area contributed by atoms with Gasteiger partial charge in [0.1, 0.15) is 11.8 Å². The van der Waals surface area contributed by atoms with Crippen LogP contribution in [0.3, 0.4) is 0 Å². The average Bonchev–Trinajstić information content (AvgIpc) is 2.94. The van der Waals surface area contributed by atoms with E-state index in [1.165, 1.54) is 77.0 Å². The van der Waals surface area contributed by atoms with Crippen LogP contribution in [0.1, 0.15) is 135 Å². The molecule has 2 rings (SSSR count).